The van der Waals surface area contributed by atoms with E-state index in [-0.39, 0.29) is 23.8 Å². The maximum absolute atomic E-state index is 12.2. The van der Waals surface area contributed by atoms with Crippen LogP contribution in [-0.2, 0) is 4.79 Å². The number of rotatable bonds is 5. The summed E-state index contributed by atoms with van der Waals surface area (Å²) in [6.45, 7) is 3.72. The molecule has 1 atom stereocenters. The topological polar surface area (TPSA) is 84.0 Å². The number of anilines is 1. The Balaban J connectivity index is 1.59. The van der Waals surface area contributed by atoms with Gasteiger partial charge in [-0.3, -0.25) is 14.6 Å². The average molecular weight is 324 g/mol. The van der Waals surface area contributed by atoms with Gasteiger partial charge in [-0.2, -0.15) is 0 Å². The van der Waals surface area contributed by atoms with Crippen LogP contribution in [0.3, 0.4) is 0 Å². The van der Waals surface area contributed by atoms with Crippen molar-refractivity contribution in [2.75, 3.05) is 5.32 Å². The summed E-state index contributed by atoms with van der Waals surface area (Å²) in [5.74, 6) is 0.00154. The van der Waals surface area contributed by atoms with Crippen LogP contribution in [0.15, 0.2) is 36.7 Å². The number of amides is 2. The lowest BCUT2D eigenvalue weighted by molar-refractivity contribution is -0.117. The van der Waals surface area contributed by atoms with Gasteiger partial charge < -0.3 is 10.6 Å². The Hall–Kier alpha value is -2.76. The first-order valence-corrected chi connectivity index (χ1v) is 8.03. The molecule has 0 unspecified atom stereocenters. The van der Waals surface area contributed by atoms with Gasteiger partial charge in [-0.05, 0) is 44.4 Å². The zero-order valence-electron chi connectivity index (χ0n) is 13.7. The Morgan fingerprint density at radius 1 is 1.12 bits per heavy atom. The second-order valence-electron chi connectivity index (χ2n) is 6.12. The number of hydrogen-bond donors (Lipinski definition) is 2. The lowest BCUT2D eigenvalue weighted by Crippen LogP contribution is -2.27. The van der Waals surface area contributed by atoms with Crippen molar-refractivity contribution in [3.8, 4) is 0 Å². The van der Waals surface area contributed by atoms with Crippen LogP contribution in [0.4, 0.5) is 5.69 Å². The Morgan fingerprint density at radius 3 is 2.42 bits per heavy atom. The van der Waals surface area contributed by atoms with Gasteiger partial charge in [-0.15, -0.1) is 0 Å². The number of nitrogens with one attached hydrogen (secondary N) is 2. The van der Waals surface area contributed by atoms with E-state index in [0.717, 1.165) is 29.8 Å². The average Bonchev–Trinajstić information content (AvgIpc) is 3.41. The van der Waals surface area contributed by atoms with E-state index in [1.807, 2.05) is 38.1 Å². The Kier molecular flexibility index (Phi) is 4.55. The van der Waals surface area contributed by atoms with Crippen LogP contribution in [0.25, 0.3) is 0 Å². The number of benzene rings is 1. The molecule has 0 aliphatic heterocycles. The minimum absolute atomic E-state index is 0.0852. The van der Waals surface area contributed by atoms with Crippen LogP contribution in [-0.4, -0.2) is 21.8 Å². The molecule has 1 fully saturated rings. The molecule has 1 aromatic heterocycles. The van der Waals surface area contributed by atoms with E-state index in [1.54, 1.807) is 6.20 Å². The Bertz CT molecular complexity index is 737. The molecule has 1 heterocycles. The van der Waals surface area contributed by atoms with Crippen molar-refractivity contribution in [2.45, 2.75) is 32.7 Å². The van der Waals surface area contributed by atoms with Gasteiger partial charge >= 0.3 is 0 Å². The molecule has 0 bridgehead atoms. The first kappa shape index (κ1) is 16.1. The van der Waals surface area contributed by atoms with Crippen molar-refractivity contribution in [2.24, 2.45) is 5.92 Å². The molecule has 1 aromatic carbocycles. The maximum atomic E-state index is 12.2. The largest absolute Gasteiger partial charge is 0.344 e. The van der Waals surface area contributed by atoms with Crippen LogP contribution < -0.4 is 10.6 Å². The molecule has 1 aliphatic carbocycles. The molecule has 2 aromatic rings. The lowest BCUT2D eigenvalue weighted by Gasteiger charge is -2.14. The van der Waals surface area contributed by atoms with Crippen molar-refractivity contribution in [1.82, 2.24) is 15.3 Å². The second kappa shape index (κ2) is 6.78. The molecule has 2 N–H and O–H groups in total. The molecule has 24 heavy (non-hydrogen) atoms. The van der Waals surface area contributed by atoms with Crippen LogP contribution in [0.2, 0.25) is 0 Å². The number of carbonyl (C=O) groups is 2. The summed E-state index contributed by atoms with van der Waals surface area (Å²) in [5, 5.41) is 5.79. The van der Waals surface area contributed by atoms with Gasteiger partial charge in [0.1, 0.15) is 5.69 Å². The van der Waals surface area contributed by atoms with E-state index in [1.165, 1.54) is 6.20 Å². The minimum Gasteiger partial charge on any atom is -0.344 e. The number of aryl methyl sites for hydroxylation is 1. The van der Waals surface area contributed by atoms with Crippen molar-refractivity contribution < 1.29 is 9.59 Å². The summed E-state index contributed by atoms with van der Waals surface area (Å²) in [6, 6.07) is 7.32. The van der Waals surface area contributed by atoms with Gasteiger partial charge in [0.25, 0.3) is 5.91 Å². The highest BCUT2D eigenvalue weighted by molar-refractivity contribution is 5.94. The third-order valence-electron chi connectivity index (χ3n) is 3.99. The second-order valence-corrected chi connectivity index (χ2v) is 6.12. The van der Waals surface area contributed by atoms with Crippen LogP contribution in [0, 0.1) is 12.8 Å². The molecule has 0 radical (unpaired) electrons. The third kappa shape index (κ3) is 3.95. The van der Waals surface area contributed by atoms with Gasteiger partial charge in [0, 0.05) is 17.8 Å². The van der Waals surface area contributed by atoms with Gasteiger partial charge in [0.05, 0.1) is 17.9 Å². The SMILES string of the molecule is Cc1cnc(C(=O)N[C@H](C)c2ccc(NC(=O)C3CC3)cc2)cn1. The summed E-state index contributed by atoms with van der Waals surface area (Å²) in [5.41, 5.74) is 2.79. The highest BCUT2D eigenvalue weighted by Crippen LogP contribution is 2.30. The summed E-state index contributed by atoms with van der Waals surface area (Å²) in [6.07, 6.45) is 4.99. The van der Waals surface area contributed by atoms with Crippen molar-refractivity contribution >= 4 is 17.5 Å². The molecule has 2 amide bonds. The predicted molar refractivity (Wildman–Crippen MR) is 90.4 cm³/mol. The minimum atomic E-state index is -0.263. The fourth-order valence-electron chi connectivity index (χ4n) is 2.31. The molecule has 0 spiro atoms. The highest BCUT2D eigenvalue weighted by Gasteiger charge is 2.29. The first-order valence-electron chi connectivity index (χ1n) is 8.03. The smallest absolute Gasteiger partial charge is 0.271 e. The zero-order chi connectivity index (χ0) is 17.1. The molecule has 0 saturated heterocycles. The van der Waals surface area contributed by atoms with Gasteiger partial charge in [-0.25, -0.2) is 4.98 Å². The van der Waals surface area contributed by atoms with Crippen molar-refractivity contribution in [3.63, 3.8) is 0 Å². The molecular formula is C18H20N4O2. The summed E-state index contributed by atoms with van der Waals surface area (Å²) in [7, 11) is 0. The molecule has 6 heteroatoms. The molecular weight excluding hydrogens is 304 g/mol. The van der Waals surface area contributed by atoms with Gasteiger partial charge in [0.15, 0.2) is 0 Å². The van der Waals surface area contributed by atoms with E-state index in [4.69, 9.17) is 0 Å². The summed E-state index contributed by atoms with van der Waals surface area (Å²) < 4.78 is 0. The number of hydrogen-bond acceptors (Lipinski definition) is 4. The number of carbonyl (C=O) groups excluding carboxylic acids is 2. The first-order chi connectivity index (χ1) is 11.5. The quantitative estimate of drug-likeness (QED) is 0.885. The monoisotopic (exact) mass is 324 g/mol. The fraction of sp³-hybridized carbons (Fsp3) is 0.333. The Morgan fingerprint density at radius 2 is 1.83 bits per heavy atom. The maximum Gasteiger partial charge on any atom is 0.271 e. The number of nitrogens with zero attached hydrogens (tertiary/aromatic N) is 2. The molecule has 124 valence electrons. The normalized spacial score (nSPS) is 14.8. The van der Waals surface area contributed by atoms with E-state index in [0.29, 0.717) is 5.69 Å². The molecule has 6 nitrogen and oxygen atoms in total. The number of aromatic nitrogens is 2. The standard InChI is InChI=1S/C18H20N4O2/c1-11-9-20-16(10-19-11)18(24)21-12(2)13-5-7-15(8-6-13)22-17(23)14-3-4-14/h5-10,12,14H,3-4H2,1-2H3,(H,21,24)(H,22,23)/t12-/m1/s1. The molecule has 3 rings (SSSR count). The zero-order valence-corrected chi connectivity index (χ0v) is 13.7. The Labute approximate surface area is 140 Å². The lowest BCUT2D eigenvalue weighted by atomic mass is 10.1. The van der Waals surface area contributed by atoms with E-state index < -0.39 is 0 Å². The van der Waals surface area contributed by atoms with Gasteiger partial charge in [0.2, 0.25) is 5.91 Å². The summed E-state index contributed by atoms with van der Waals surface area (Å²) >= 11 is 0. The van der Waals surface area contributed by atoms with Gasteiger partial charge in [-0.1, -0.05) is 12.1 Å². The molecule has 1 aliphatic rings. The van der Waals surface area contributed by atoms with Crippen LogP contribution >= 0.6 is 0 Å². The highest BCUT2D eigenvalue weighted by atomic mass is 16.2. The van der Waals surface area contributed by atoms with Crippen LogP contribution in [0.5, 0.6) is 0 Å². The fourth-order valence-corrected chi connectivity index (χ4v) is 2.31. The van der Waals surface area contributed by atoms with Crippen molar-refractivity contribution in [3.05, 3.63) is 53.6 Å². The summed E-state index contributed by atoms with van der Waals surface area (Å²) in [4.78, 5) is 32.0. The van der Waals surface area contributed by atoms with E-state index in [2.05, 4.69) is 20.6 Å². The van der Waals surface area contributed by atoms with Crippen molar-refractivity contribution in [1.29, 1.82) is 0 Å². The molecule has 1 saturated carbocycles. The predicted octanol–water partition coefficient (Wildman–Crippen LogP) is 2.62. The van der Waals surface area contributed by atoms with E-state index >= 15 is 0 Å². The van der Waals surface area contributed by atoms with E-state index in [9.17, 15) is 9.59 Å². The third-order valence-corrected chi connectivity index (χ3v) is 3.99. The van der Waals surface area contributed by atoms with Crippen LogP contribution in [0.1, 0.15) is 47.6 Å².